The van der Waals surface area contributed by atoms with Crippen molar-refractivity contribution in [1.29, 1.82) is 0 Å². The topological polar surface area (TPSA) is 69.6 Å². The third-order valence-electron chi connectivity index (χ3n) is 10.9. The van der Waals surface area contributed by atoms with E-state index in [1.165, 1.54) is 38.5 Å². The van der Waals surface area contributed by atoms with Crippen molar-refractivity contribution in [3.8, 4) is 0 Å². The number of carbonyl (C=O) groups is 1. The molecular formula is C64H99NO3. The number of hydrogen-bond acceptors (Lipinski definition) is 3. The van der Waals surface area contributed by atoms with E-state index in [0.29, 0.717) is 6.42 Å². The first kappa shape index (κ1) is 63.5. The Morgan fingerprint density at radius 2 is 0.662 bits per heavy atom. The lowest BCUT2D eigenvalue weighted by molar-refractivity contribution is -0.123. The fourth-order valence-corrected chi connectivity index (χ4v) is 6.78. The molecule has 0 fully saturated rings. The average Bonchev–Trinajstić information content (AvgIpc) is 3.34. The molecule has 68 heavy (non-hydrogen) atoms. The largest absolute Gasteiger partial charge is 0.394 e. The van der Waals surface area contributed by atoms with Gasteiger partial charge in [-0.3, -0.25) is 4.79 Å². The molecule has 2 atom stereocenters. The first-order valence-electron chi connectivity index (χ1n) is 27.0. The average molecular weight is 930 g/mol. The molecule has 0 saturated heterocycles. The maximum Gasteiger partial charge on any atom is 0.220 e. The van der Waals surface area contributed by atoms with Crippen LogP contribution in [0.4, 0.5) is 0 Å². The molecule has 0 aliphatic carbocycles. The molecule has 4 nitrogen and oxygen atoms in total. The summed E-state index contributed by atoms with van der Waals surface area (Å²) in [5, 5.41) is 23.0. The Morgan fingerprint density at radius 1 is 0.368 bits per heavy atom. The summed E-state index contributed by atoms with van der Waals surface area (Å²) >= 11 is 0. The van der Waals surface area contributed by atoms with Crippen LogP contribution in [-0.2, 0) is 4.79 Å². The molecule has 0 aromatic carbocycles. The van der Waals surface area contributed by atoms with Gasteiger partial charge >= 0.3 is 0 Å². The van der Waals surface area contributed by atoms with Crippen LogP contribution >= 0.6 is 0 Å². The quantitative estimate of drug-likeness (QED) is 0.0421. The molecule has 0 bridgehead atoms. The standard InChI is InChI=1S/C64H99NO3/c1-3-5-7-9-11-13-15-17-19-20-21-22-23-24-25-26-27-28-29-30-31-32-33-34-35-36-37-38-39-40-41-42-43-44-46-48-50-52-54-56-58-60-64(68)65-62(61-66)63(67)59-57-55-53-51-49-47-45-18-16-14-12-10-8-6-4-2/h5,7,11,13,16-19,21-22,24-25,27-28,30-31,33-34,36-37,39-40,42-43,46,48-49,51,57,59,62-63,66-67H,3-4,6,8-10,12,14-15,20,23,26,29,32,35,38,41,44-45,47,50,52-56,58,60-61H2,1-2H3,(H,65,68)/b7-5-,13-11-,18-16+,19-17-,22-21-,25-24-,28-27-,31-30-,34-33-,37-36-,40-39-,43-42-,48-46-,51-49+,59-57+. The number of rotatable bonds is 46. The Bertz CT molecular complexity index is 1570. The molecule has 0 aliphatic heterocycles. The van der Waals surface area contributed by atoms with Gasteiger partial charge in [0.2, 0.25) is 5.91 Å². The van der Waals surface area contributed by atoms with Gasteiger partial charge in [-0.2, -0.15) is 0 Å². The summed E-state index contributed by atoms with van der Waals surface area (Å²) in [5.41, 5.74) is 0. The van der Waals surface area contributed by atoms with E-state index in [4.69, 9.17) is 0 Å². The Hall–Kier alpha value is -4.51. The Kier molecular flexibility index (Phi) is 53.0. The second kappa shape index (κ2) is 56.8. The molecule has 0 radical (unpaired) electrons. The molecule has 1 amide bonds. The van der Waals surface area contributed by atoms with Gasteiger partial charge in [-0.25, -0.2) is 0 Å². The van der Waals surface area contributed by atoms with E-state index in [2.05, 4.69) is 189 Å². The third-order valence-corrected chi connectivity index (χ3v) is 10.9. The van der Waals surface area contributed by atoms with Crippen LogP contribution < -0.4 is 5.32 Å². The predicted octanol–water partition coefficient (Wildman–Crippen LogP) is 18.1. The van der Waals surface area contributed by atoms with E-state index in [0.717, 1.165) is 135 Å². The van der Waals surface area contributed by atoms with Gasteiger partial charge in [0.1, 0.15) is 0 Å². The molecule has 4 heteroatoms. The highest BCUT2D eigenvalue weighted by Gasteiger charge is 2.17. The SMILES string of the molecule is CC/C=C\C/C=C\C/C=C\C/C=C\C/C=C\C/C=C\C/C=C\C/C=C\C/C=C\C/C=C\C/C=C\C/C=C\CCCCCCC(=O)NC(CO)C(O)/C=C/CC/C=C/CC/C=C/CCCCCCC. The minimum Gasteiger partial charge on any atom is -0.394 e. The van der Waals surface area contributed by atoms with Crippen molar-refractivity contribution in [2.24, 2.45) is 0 Å². The summed E-state index contributed by atoms with van der Waals surface area (Å²) in [7, 11) is 0. The van der Waals surface area contributed by atoms with E-state index >= 15 is 0 Å². The van der Waals surface area contributed by atoms with E-state index < -0.39 is 12.1 Å². The van der Waals surface area contributed by atoms with Crippen LogP contribution in [0.1, 0.15) is 194 Å². The Balaban J connectivity index is 3.76. The van der Waals surface area contributed by atoms with Crippen LogP contribution in [0.2, 0.25) is 0 Å². The number of carbonyl (C=O) groups excluding carboxylic acids is 1. The fourth-order valence-electron chi connectivity index (χ4n) is 6.78. The Labute approximate surface area is 419 Å². The van der Waals surface area contributed by atoms with E-state index in [9.17, 15) is 15.0 Å². The lowest BCUT2D eigenvalue weighted by Crippen LogP contribution is -2.45. The van der Waals surface area contributed by atoms with Gasteiger partial charge in [0.25, 0.3) is 0 Å². The normalized spacial score (nSPS) is 14.4. The van der Waals surface area contributed by atoms with Crippen LogP contribution in [0.3, 0.4) is 0 Å². The molecule has 0 saturated carbocycles. The van der Waals surface area contributed by atoms with Crippen molar-refractivity contribution < 1.29 is 15.0 Å². The van der Waals surface area contributed by atoms with Gasteiger partial charge < -0.3 is 15.5 Å². The summed E-state index contributed by atoms with van der Waals surface area (Å²) in [5.74, 6) is -0.112. The maximum atomic E-state index is 12.4. The molecule has 0 spiro atoms. The highest BCUT2D eigenvalue weighted by molar-refractivity contribution is 5.76. The van der Waals surface area contributed by atoms with Crippen molar-refractivity contribution in [2.45, 2.75) is 206 Å². The lowest BCUT2D eigenvalue weighted by Gasteiger charge is -2.19. The first-order valence-corrected chi connectivity index (χ1v) is 27.0. The minimum absolute atomic E-state index is 0.112. The van der Waals surface area contributed by atoms with Crippen LogP contribution in [0.25, 0.3) is 0 Å². The van der Waals surface area contributed by atoms with E-state index in [1.807, 2.05) is 6.08 Å². The third kappa shape index (κ3) is 52.5. The second-order valence-corrected chi connectivity index (χ2v) is 17.2. The zero-order valence-electron chi connectivity index (χ0n) is 43.3. The van der Waals surface area contributed by atoms with Crippen LogP contribution in [0.15, 0.2) is 182 Å². The minimum atomic E-state index is -0.894. The van der Waals surface area contributed by atoms with Crippen LogP contribution in [-0.4, -0.2) is 34.9 Å². The summed E-state index contributed by atoms with van der Waals surface area (Å²) < 4.78 is 0. The van der Waals surface area contributed by atoms with Crippen molar-refractivity contribution in [1.82, 2.24) is 5.32 Å². The molecule has 0 rings (SSSR count). The number of aliphatic hydroxyl groups excluding tert-OH is 2. The molecule has 0 aromatic rings. The molecule has 0 aromatic heterocycles. The monoisotopic (exact) mass is 930 g/mol. The van der Waals surface area contributed by atoms with Crippen molar-refractivity contribution in [2.75, 3.05) is 6.61 Å². The summed E-state index contributed by atoms with van der Waals surface area (Å²) in [4.78, 5) is 12.4. The molecule has 3 N–H and O–H groups in total. The maximum absolute atomic E-state index is 12.4. The number of aliphatic hydroxyl groups is 2. The number of nitrogens with one attached hydrogen (secondary N) is 1. The van der Waals surface area contributed by atoms with Gasteiger partial charge in [0, 0.05) is 6.42 Å². The molecule has 0 aliphatic rings. The van der Waals surface area contributed by atoms with E-state index in [-0.39, 0.29) is 12.5 Å². The highest BCUT2D eigenvalue weighted by Crippen LogP contribution is 2.09. The second-order valence-electron chi connectivity index (χ2n) is 17.2. The zero-order valence-corrected chi connectivity index (χ0v) is 43.3. The highest BCUT2D eigenvalue weighted by atomic mass is 16.3. The lowest BCUT2D eigenvalue weighted by atomic mass is 10.1. The molecule has 2 unspecified atom stereocenters. The van der Waals surface area contributed by atoms with Crippen molar-refractivity contribution in [3.05, 3.63) is 182 Å². The van der Waals surface area contributed by atoms with Crippen molar-refractivity contribution >= 4 is 5.91 Å². The van der Waals surface area contributed by atoms with Crippen LogP contribution in [0.5, 0.6) is 0 Å². The number of amides is 1. The van der Waals surface area contributed by atoms with Gasteiger partial charge in [0.05, 0.1) is 18.8 Å². The number of hydrogen-bond donors (Lipinski definition) is 3. The molecular weight excluding hydrogens is 831 g/mol. The first-order chi connectivity index (χ1) is 33.7. The van der Waals surface area contributed by atoms with Crippen LogP contribution in [0, 0.1) is 0 Å². The summed E-state index contributed by atoms with van der Waals surface area (Å²) in [6, 6.07) is -0.673. The van der Waals surface area contributed by atoms with Gasteiger partial charge in [-0.05, 0) is 135 Å². The zero-order chi connectivity index (χ0) is 49.2. The molecule has 0 heterocycles. The van der Waals surface area contributed by atoms with Gasteiger partial charge in [0.15, 0.2) is 0 Å². The number of allylic oxidation sites excluding steroid dienone is 29. The predicted molar refractivity (Wildman–Crippen MR) is 303 cm³/mol. The Morgan fingerprint density at radius 3 is 1.01 bits per heavy atom. The smallest absolute Gasteiger partial charge is 0.220 e. The summed E-state index contributed by atoms with van der Waals surface area (Å²) in [6.07, 6.45) is 94.6. The van der Waals surface area contributed by atoms with Gasteiger partial charge in [-0.1, -0.05) is 235 Å². The van der Waals surface area contributed by atoms with Crippen molar-refractivity contribution in [3.63, 3.8) is 0 Å². The summed E-state index contributed by atoms with van der Waals surface area (Å²) in [6.45, 7) is 4.13. The van der Waals surface area contributed by atoms with E-state index in [1.54, 1.807) is 6.08 Å². The molecule has 378 valence electrons. The fraction of sp³-hybridized carbons (Fsp3) is 0.516. The number of unbranched alkanes of at least 4 members (excludes halogenated alkanes) is 11. The van der Waals surface area contributed by atoms with Gasteiger partial charge in [-0.15, -0.1) is 0 Å².